The summed E-state index contributed by atoms with van der Waals surface area (Å²) in [5, 5.41) is 2.86. The predicted octanol–water partition coefficient (Wildman–Crippen LogP) is 2.55. The number of rotatable bonds is 4. The van der Waals surface area contributed by atoms with Crippen LogP contribution < -0.4 is 5.56 Å². The van der Waals surface area contributed by atoms with E-state index in [1.54, 1.807) is 18.3 Å². The van der Waals surface area contributed by atoms with Gasteiger partial charge in [-0.25, -0.2) is 13.9 Å². The van der Waals surface area contributed by atoms with E-state index in [1.165, 1.54) is 23.8 Å². The van der Waals surface area contributed by atoms with Crippen molar-refractivity contribution in [3.05, 3.63) is 68.5 Å². The lowest BCUT2D eigenvalue weighted by Crippen LogP contribution is -2.23. The SMILES string of the molecule is COCc1nc2cc[nH]n2c(=O)c1Cc1ccc(Cl)c(F)c1. The van der Waals surface area contributed by atoms with Crippen molar-refractivity contribution in [2.75, 3.05) is 7.11 Å². The van der Waals surface area contributed by atoms with Crippen molar-refractivity contribution in [2.45, 2.75) is 13.0 Å². The molecule has 0 bridgehead atoms. The van der Waals surface area contributed by atoms with Crippen LogP contribution in [0.25, 0.3) is 5.65 Å². The number of nitrogens with one attached hydrogen (secondary N) is 1. The zero-order valence-corrected chi connectivity index (χ0v) is 12.5. The minimum absolute atomic E-state index is 0.0514. The number of aromatic amines is 1. The minimum Gasteiger partial charge on any atom is -0.378 e. The largest absolute Gasteiger partial charge is 0.378 e. The van der Waals surface area contributed by atoms with Crippen molar-refractivity contribution in [1.29, 1.82) is 0 Å². The molecule has 114 valence electrons. The van der Waals surface area contributed by atoms with Gasteiger partial charge in [0, 0.05) is 31.4 Å². The van der Waals surface area contributed by atoms with Gasteiger partial charge < -0.3 is 4.74 Å². The smallest absolute Gasteiger partial charge is 0.276 e. The summed E-state index contributed by atoms with van der Waals surface area (Å²) < 4.78 is 20.0. The highest BCUT2D eigenvalue weighted by molar-refractivity contribution is 6.30. The summed E-state index contributed by atoms with van der Waals surface area (Å²) >= 11 is 5.68. The van der Waals surface area contributed by atoms with Crippen molar-refractivity contribution in [1.82, 2.24) is 14.6 Å². The first-order valence-corrected chi connectivity index (χ1v) is 6.98. The lowest BCUT2D eigenvalue weighted by Gasteiger charge is -2.09. The number of nitrogens with zero attached hydrogens (tertiary/aromatic N) is 2. The molecule has 0 saturated heterocycles. The maximum atomic E-state index is 13.6. The van der Waals surface area contributed by atoms with Gasteiger partial charge in [-0.15, -0.1) is 0 Å². The molecule has 0 unspecified atom stereocenters. The third kappa shape index (κ3) is 2.63. The molecule has 5 nitrogen and oxygen atoms in total. The second-order valence-corrected chi connectivity index (χ2v) is 5.26. The normalized spacial score (nSPS) is 11.2. The van der Waals surface area contributed by atoms with Gasteiger partial charge in [-0.2, -0.15) is 0 Å². The Morgan fingerprint density at radius 1 is 1.41 bits per heavy atom. The molecule has 7 heteroatoms. The van der Waals surface area contributed by atoms with Crippen LogP contribution in [0.15, 0.2) is 35.3 Å². The Balaban J connectivity index is 2.11. The van der Waals surface area contributed by atoms with Gasteiger partial charge in [-0.05, 0) is 17.7 Å². The molecule has 22 heavy (non-hydrogen) atoms. The third-order valence-electron chi connectivity index (χ3n) is 3.37. The average molecular weight is 322 g/mol. The third-order valence-corrected chi connectivity index (χ3v) is 3.68. The second-order valence-electron chi connectivity index (χ2n) is 4.86. The number of hydrogen-bond donors (Lipinski definition) is 1. The number of benzene rings is 1. The van der Waals surface area contributed by atoms with E-state index in [0.717, 1.165) is 0 Å². The van der Waals surface area contributed by atoms with Crippen molar-refractivity contribution in [3.63, 3.8) is 0 Å². The van der Waals surface area contributed by atoms with Gasteiger partial charge in [0.05, 0.1) is 17.3 Å². The Bertz CT molecular complexity index is 888. The van der Waals surface area contributed by atoms with E-state index < -0.39 is 5.82 Å². The van der Waals surface area contributed by atoms with Gasteiger partial charge in [0.2, 0.25) is 0 Å². The van der Waals surface area contributed by atoms with Crippen LogP contribution in [0.1, 0.15) is 16.8 Å². The van der Waals surface area contributed by atoms with Gasteiger partial charge in [0.1, 0.15) is 5.82 Å². The molecule has 0 aliphatic carbocycles. The molecule has 0 fully saturated rings. The van der Waals surface area contributed by atoms with Crippen molar-refractivity contribution < 1.29 is 9.13 Å². The van der Waals surface area contributed by atoms with Crippen molar-refractivity contribution in [2.24, 2.45) is 0 Å². The van der Waals surface area contributed by atoms with Crippen molar-refractivity contribution in [3.8, 4) is 0 Å². The fourth-order valence-electron chi connectivity index (χ4n) is 2.33. The number of methoxy groups -OCH3 is 1. The van der Waals surface area contributed by atoms with E-state index >= 15 is 0 Å². The molecule has 2 heterocycles. The first-order chi connectivity index (χ1) is 10.6. The van der Waals surface area contributed by atoms with E-state index in [-0.39, 0.29) is 23.6 Å². The maximum Gasteiger partial charge on any atom is 0.276 e. The summed E-state index contributed by atoms with van der Waals surface area (Å²) in [6.45, 7) is 0.211. The molecule has 3 aromatic rings. The number of H-pyrrole nitrogens is 1. The summed E-state index contributed by atoms with van der Waals surface area (Å²) in [6, 6.07) is 6.18. The molecular weight excluding hydrogens is 309 g/mol. The van der Waals surface area contributed by atoms with E-state index in [2.05, 4.69) is 10.1 Å². The van der Waals surface area contributed by atoms with Gasteiger partial charge in [-0.3, -0.25) is 9.89 Å². The summed E-state index contributed by atoms with van der Waals surface area (Å²) in [7, 11) is 1.53. The highest BCUT2D eigenvalue weighted by Crippen LogP contribution is 2.18. The molecule has 0 radical (unpaired) electrons. The Labute approximate surface area is 130 Å². The molecule has 0 atom stereocenters. The van der Waals surface area contributed by atoms with E-state index in [4.69, 9.17) is 16.3 Å². The number of fused-ring (bicyclic) bond motifs is 1. The van der Waals surface area contributed by atoms with Crippen LogP contribution >= 0.6 is 11.6 Å². The standard InChI is InChI=1S/C15H13ClFN3O2/c1-22-8-13-10(6-9-2-3-11(16)12(17)7-9)15(21)20-14(19-13)4-5-18-20/h2-5,7,18H,6,8H2,1H3. The summed E-state index contributed by atoms with van der Waals surface area (Å²) in [5.41, 5.74) is 1.94. The molecule has 2 aromatic heterocycles. The number of aromatic nitrogens is 3. The zero-order valence-electron chi connectivity index (χ0n) is 11.8. The van der Waals surface area contributed by atoms with Crippen LogP contribution in [0.5, 0.6) is 0 Å². The number of hydrogen-bond acceptors (Lipinski definition) is 3. The quantitative estimate of drug-likeness (QED) is 0.803. The van der Waals surface area contributed by atoms with Gasteiger partial charge >= 0.3 is 0 Å². The van der Waals surface area contributed by atoms with E-state index in [0.29, 0.717) is 22.5 Å². The topological polar surface area (TPSA) is 59.4 Å². The van der Waals surface area contributed by atoms with Crippen LogP contribution in [0.2, 0.25) is 5.02 Å². The van der Waals surface area contributed by atoms with Crippen molar-refractivity contribution >= 4 is 17.2 Å². The molecule has 1 N–H and O–H groups in total. The first kappa shape index (κ1) is 14.7. The van der Waals surface area contributed by atoms with Gasteiger partial charge in [0.25, 0.3) is 5.56 Å². The van der Waals surface area contributed by atoms with E-state index in [1.807, 2.05) is 0 Å². The molecule has 0 amide bonds. The van der Waals surface area contributed by atoms with Gasteiger partial charge in [0.15, 0.2) is 5.65 Å². The van der Waals surface area contributed by atoms with Gasteiger partial charge in [-0.1, -0.05) is 17.7 Å². The molecular formula is C15H13ClFN3O2. The summed E-state index contributed by atoms with van der Waals surface area (Å²) in [5.74, 6) is -0.513. The highest BCUT2D eigenvalue weighted by Gasteiger charge is 2.14. The fraction of sp³-hybridized carbons (Fsp3) is 0.200. The highest BCUT2D eigenvalue weighted by atomic mass is 35.5. The van der Waals surface area contributed by atoms with E-state index in [9.17, 15) is 9.18 Å². The van der Waals surface area contributed by atoms with Crippen LogP contribution in [0.3, 0.4) is 0 Å². The summed E-state index contributed by atoms with van der Waals surface area (Å²) in [6.07, 6.45) is 1.88. The Hall–Kier alpha value is -2.18. The second kappa shape index (κ2) is 5.90. The molecule has 0 aliphatic heterocycles. The number of ether oxygens (including phenoxy) is 1. The minimum atomic E-state index is -0.513. The lowest BCUT2D eigenvalue weighted by molar-refractivity contribution is 0.180. The van der Waals surface area contributed by atoms with Crippen LogP contribution in [0, 0.1) is 5.82 Å². The maximum absolute atomic E-state index is 13.6. The Morgan fingerprint density at radius 2 is 2.23 bits per heavy atom. The molecule has 3 rings (SSSR count). The number of halogens is 2. The lowest BCUT2D eigenvalue weighted by atomic mass is 10.0. The first-order valence-electron chi connectivity index (χ1n) is 6.61. The molecule has 0 aliphatic rings. The molecule has 0 spiro atoms. The Morgan fingerprint density at radius 3 is 2.95 bits per heavy atom. The average Bonchev–Trinajstić information content (AvgIpc) is 2.95. The van der Waals surface area contributed by atoms with Crippen LogP contribution in [-0.4, -0.2) is 21.7 Å². The molecule has 1 aromatic carbocycles. The summed E-state index contributed by atoms with van der Waals surface area (Å²) in [4.78, 5) is 17.0. The van der Waals surface area contributed by atoms with Crippen LogP contribution in [-0.2, 0) is 17.8 Å². The predicted molar refractivity (Wildman–Crippen MR) is 80.7 cm³/mol. The zero-order chi connectivity index (χ0) is 15.7. The Kier molecular flexibility index (Phi) is 3.96. The fourth-order valence-corrected chi connectivity index (χ4v) is 2.45. The monoisotopic (exact) mass is 321 g/mol. The van der Waals surface area contributed by atoms with Crippen LogP contribution in [0.4, 0.5) is 4.39 Å². The molecule has 0 saturated carbocycles.